The molecular weight excluding hydrogens is 316 g/mol. The standard InChI is InChI=1S/C20H26N2OS/c1-2-18-17-11-14-24-19(17)10-13-22(18)15-20(23)21-12-6-9-16-7-4-3-5-8-16/h3-5,7-8,11,14,18H,2,6,9-10,12-13,15H2,1H3,(H,21,23). The van der Waals surface area contributed by atoms with Crippen LogP contribution in [0.3, 0.4) is 0 Å². The largest absolute Gasteiger partial charge is 0.355 e. The first-order chi connectivity index (χ1) is 11.8. The minimum atomic E-state index is 0.153. The molecule has 0 aliphatic carbocycles. The quantitative estimate of drug-likeness (QED) is 0.776. The second kappa shape index (κ2) is 8.45. The van der Waals surface area contributed by atoms with Crippen LogP contribution in [0.25, 0.3) is 0 Å². The minimum absolute atomic E-state index is 0.153. The summed E-state index contributed by atoms with van der Waals surface area (Å²) >= 11 is 1.85. The maximum atomic E-state index is 12.3. The lowest BCUT2D eigenvalue weighted by Crippen LogP contribution is -2.42. The average Bonchev–Trinajstić information content (AvgIpc) is 3.08. The third kappa shape index (κ3) is 4.25. The van der Waals surface area contributed by atoms with Crippen molar-refractivity contribution in [1.29, 1.82) is 0 Å². The highest BCUT2D eigenvalue weighted by Crippen LogP contribution is 2.34. The van der Waals surface area contributed by atoms with E-state index in [2.05, 4.69) is 52.9 Å². The van der Waals surface area contributed by atoms with Gasteiger partial charge in [-0.3, -0.25) is 9.69 Å². The van der Waals surface area contributed by atoms with E-state index >= 15 is 0 Å². The molecule has 1 aromatic heterocycles. The van der Waals surface area contributed by atoms with E-state index in [9.17, 15) is 4.79 Å². The highest BCUT2D eigenvalue weighted by Gasteiger charge is 2.27. The molecule has 0 saturated heterocycles. The van der Waals surface area contributed by atoms with Gasteiger partial charge in [0.05, 0.1) is 6.54 Å². The van der Waals surface area contributed by atoms with Crippen LogP contribution >= 0.6 is 11.3 Å². The van der Waals surface area contributed by atoms with E-state index in [0.717, 1.165) is 38.8 Å². The Bertz CT molecular complexity index is 653. The molecule has 4 heteroatoms. The summed E-state index contributed by atoms with van der Waals surface area (Å²) in [4.78, 5) is 16.1. The Hall–Kier alpha value is -1.65. The molecule has 1 unspecified atom stereocenters. The summed E-state index contributed by atoms with van der Waals surface area (Å²) in [6.07, 6.45) is 4.14. The van der Waals surface area contributed by atoms with Crippen LogP contribution in [0.1, 0.15) is 41.8 Å². The molecule has 128 valence electrons. The second-order valence-electron chi connectivity index (χ2n) is 6.38. The van der Waals surface area contributed by atoms with Gasteiger partial charge in [0.25, 0.3) is 0 Å². The predicted octanol–water partition coefficient (Wildman–Crippen LogP) is 3.81. The molecule has 1 aromatic carbocycles. The first-order valence-electron chi connectivity index (χ1n) is 8.89. The molecule has 1 aliphatic rings. The van der Waals surface area contributed by atoms with Crippen molar-refractivity contribution >= 4 is 17.2 Å². The molecule has 3 rings (SSSR count). The summed E-state index contributed by atoms with van der Waals surface area (Å²) in [6.45, 7) is 4.47. The molecule has 1 amide bonds. The molecule has 0 fully saturated rings. The normalized spacial score (nSPS) is 17.5. The third-order valence-corrected chi connectivity index (χ3v) is 5.74. The maximum Gasteiger partial charge on any atom is 0.234 e. The summed E-state index contributed by atoms with van der Waals surface area (Å²) in [5, 5.41) is 5.27. The van der Waals surface area contributed by atoms with Crippen molar-refractivity contribution in [1.82, 2.24) is 10.2 Å². The summed E-state index contributed by atoms with van der Waals surface area (Å²) in [5.41, 5.74) is 2.77. The lowest BCUT2D eigenvalue weighted by atomic mass is 9.98. The number of carbonyl (C=O) groups is 1. The zero-order valence-electron chi connectivity index (χ0n) is 14.3. The van der Waals surface area contributed by atoms with Crippen LogP contribution in [0.5, 0.6) is 0 Å². The number of aryl methyl sites for hydroxylation is 1. The molecule has 3 nitrogen and oxygen atoms in total. The van der Waals surface area contributed by atoms with Crippen LogP contribution in [0, 0.1) is 0 Å². The average molecular weight is 343 g/mol. The van der Waals surface area contributed by atoms with E-state index in [1.54, 1.807) is 0 Å². The molecule has 1 aliphatic heterocycles. The van der Waals surface area contributed by atoms with Gasteiger partial charge in [0.1, 0.15) is 0 Å². The third-order valence-electron chi connectivity index (χ3n) is 4.75. The van der Waals surface area contributed by atoms with Gasteiger partial charge >= 0.3 is 0 Å². The Balaban J connectivity index is 1.43. The van der Waals surface area contributed by atoms with Gasteiger partial charge in [0.2, 0.25) is 5.91 Å². The molecule has 0 radical (unpaired) electrons. The number of thiophene rings is 1. The van der Waals surface area contributed by atoms with Gasteiger partial charge in [-0.05, 0) is 48.3 Å². The van der Waals surface area contributed by atoms with E-state index in [4.69, 9.17) is 0 Å². The Labute approximate surface area is 148 Å². The van der Waals surface area contributed by atoms with Crippen LogP contribution in [0.2, 0.25) is 0 Å². The number of nitrogens with zero attached hydrogens (tertiary/aromatic N) is 1. The van der Waals surface area contributed by atoms with Crippen molar-refractivity contribution in [2.45, 2.75) is 38.6 Å². The molecule has 0 bridgehead atoms. The van der Waals surface area contributed by atoms with Crippen molar-refractivity contribution in [2.75, 3.05) is 19.6 Å². The smallest absolute Gasteiger partial charge is 0.234 e. The SMILES string of the molecule is CCC1c2ccsc2CCN1CC(=O)NCCCc1ccccc1. The Morgan fingerprint density at radius 1 is 1.29 bits per heavy atom. The lowest BCUT2D eigenvalue weighted by molar-refractivity contribution is -0.123. The number of fused-ring (bicyclic) bond motifs is 1. The molecule has 0 spiro atoms. The van der Waals surface area contributed by atoms with Crippen molar-refractivity contribution in [3.05, 3.63) is 57.8 Å². The van der Waals surface area contributed by atoms with E-state index in [-0.39, 0.29) is 5.91 Å². The zero-order chi connectivity index (χ0) is 16.8. The number of hydrogen-bond acceptors (Lipinski definition) is 3. The monoisotopic (exact) mass is 342 g/mol. The van der Waals surface area contributed by atoms with Gasteiger partial charge < -0.3 is 5.32 Å². The van der Waals surface area contributed by atoms with Crippen LogP contribution in [0.4, 0.5) is 0 Å². The fourth-order valence-electron chi connectivity index (χ4n) is 3.52. The van der Waals surface area contributed by atoms with Gasteiger partial charge in [0.15, 0.2) is 0 Å². The van der Waals surface area contributed by atoms with Crippen molar-refractivity contribution < 1.29 is 4.79 Å². The highest BCUT2D eigenvalue weighted by molar-refractivity contribution is 7.10. The lowest BCUT2D eigenvalue weighted by Gasteiger charge is -2.34. The summed E-state index contributed by atoms with van der Waals surface area (Å²) < 4.78 is 0. The Morgan fingerprint density at radius 3 is 2.92 bits per heavy atom. The fraction of sp³-hybridized carbons (Fsp3) is 0.450. The van der Waals surface area contributed by atoms with Crippen LogP contribution < -0.4 is 5.32 Å². The topological polar surface area (TPSA) is 32.3 Å². The molecule has 1 atom stereocenters. The molecule has 0 saturated carbocycles. The number of nitrogens with one attached hydrogen (secondary N) is 1. The number of rotatable bonds is 7. The first kappa shape index (κ1) is 17.2. The molecule has 2 heterocycles. The van der Waals surface area contributed by atoms with Crippen molar-refractivity contribution in [3.8, 4) is 0 Å². The zero-order valence-corrected chi connectivity index (χ0v) is 15.1. The van der Waals surface area contributed by atoms with Crippen LogP contribution in [-0.2, 0) is 17.6 Å². The van der Waals surface area contributed by atoms with Crippen LogP contribution in [0.15, 0.2) is 41.8 Å². The number of carbonyl (C=O) groups excluding carboxylic acids is 1. The molecule has 2 aromatic rings. The second-order valence-corrected chi connectivity index (χ2v) is 7.38. The van der Waals surface area contributed by atoms with Gasteiger partial charge in [-0.2, -0.15) is 0 Å². The fourth-order valence-corrected chi connectivity index (χ4v) is 4.45. The number of benzene rings is 1. The van der Waals surface area contributed by atoms with Gasteiger partial charge in [0, 0.05) is 24.0 Å². The van der Waals surface area contributed by atoms with Crippen molar-refractivity contribution in [3.63, 3.8) is 0 Å². The molecule has 24 heavy (non-hydrogen) atoms. The van der Waals surface area contributed by atoms with Gasteiger partial charge in [-0.1, -0.05) is 37.3 Å². The maximum absolute atomic E-state index is 12.3. The molecular formula is C20H26N2OS. The van der Waals surface area contributed by atoms with E-state index in [1.807, 2.05) is 17.4 Å². The number of amides is 1. The number of hydrogen-bond donors (Lipinski definition) is 1. The first-order valence-corrected chi connectivity index (χ1v) is 9.77. The van der Waals surface area contributed by atoms with E-state index < -0.39 is 0 Å². The minimum Gasteiger partial charge on any atom is -0.355 e. The van der Waals surface area contributed by atoms with E-state index in [0.29, 0.717) is 12.6 Å². The van der Waals surface area contributed by atoms with E-state index in [1.165, 1.54) is 16.0 Å². The van der Waals surface area contributed by atoms with Gasteiger partial charge in [-0.15, -0.1) is 11.3 Å². The summed E-state index contributed by atoms with van der Waals surface area (Å²) in [6, 6.07) is 13.1. The van der Waals surface area contributed by atoms with Gasteiger partial charge in [-0.25, -0.2) is 0 Å². The van der Waals surface area contributed by atoms with Crippen molar-refractivity contribution in [2.24, 2.45) is 0 Å². The highest BCUT2D eigenvalue weighted by atomic mass is 32.1. The summed E-state index contributed by atoms with van der Waals surface area (Å²) in [7, 11) is 0. The van der Waals surface area contributed by atoms with Crippen LogP contribution in [-0.4, -0.2) is 30.4 Å². The summed E-state index contributed by atoms with van der Waals surface area (Å²) in [5.74, 6) is 0.153. The predicted molar refractivity (Wildman–Crippen MR) is 100 cm³/mol. The molecule has 1 N–H and O–H groups in total. The Morgan fingerprint density at radius 2 is 2.12 bits per heavy atom. The Kier molecular flexibility index (Phi) is 6.05.